The van der Waals surface area contributed by atoms with Gasteiger partial charge in [0.15, 0.2) is 0 Å². The molecule has 1 atom stereocenters. The number of nitrogens with one attached hydrogen (secondary N) is 1. The quantitative estimate of drug-likeness (QED) is 0.314. The highest BCUT2D eigenvalue weighted by Crippen LogP contribution is 2.23. The Morgan fingerprint density at radius 3 is 2.07 bits per heavy atom. The zero-order chi connectivity index (χ0) is 30.2. The largest absolute Gasteiger partial charge is 0.494 e. The fourth-order valence-electron chi connectivity index (χ4n) is 4.28. The number of carbonyl (C=O) groups is 2. The van der Waals surface area contributed by atoms with E-state index < -0.39 is 34.1 Å². The lowest BCUT2D eigenvalue weighted by atomic mass is 10.0. The molecule has 2 amide bonds. The molecule has 0 radical (unpaired) electrons. The Morgan fingerprint density at radius 2 is 1.54 bits per heavy atom. The van der Waals surface area contributed by atoms with Gasteiger partial charge in [-0.3, -0.25) is 13.9 Å². The van der Waals surface area contributed by atoms with E-state index >= 15 is 0 Å². The van der Waals surface area contributed by atoms with Crippen molar-refractivity contribution in [2.24, 2.45) is 0 Å². The third-order valence-corrected chi connectivity index (χ3v) is 7.54. The summed E-state index contributed by atoms with van der Waals surface area (Å²) in [5, 5.41) is 3.54. The van der Waals surface area contributed by atoms with Crippen LogP contribution in [0.5, 0.6) is 5.75 Å². The van der Waals surface area contributed by atoms with Crippen molar-refractivity contribution in [3.8, 4) is 5.75 Å². The SMILES string of the molecule is CCOc1ccc(N(CC(=O)N(Cc2ccc(Cl)cc2)[C@H](Cc2ccccc2)C(=O)NC(C)(C)C)S(C)(=O)=O)cc1. The van der Waals surface area contributed by atoms with E-state index in [0.717, 1.165) is 21.7 Å². The fourth-order valence-corrected chi connectivity index (χ4v) is 5.26. The minimum absolute atomic E-state index is 0.0753. The number of ether oxygens (including phenoxy) is 1. The molecular formula is C31H38ClN3O5S. The molecule has 1 N–H and O–H groups in total. The van der Waals surface area contributed by atoms with E-state index in [2.05, 4.69) is 5.32 Å². The second-order valence-corrected chi connectivity index (χ2v) is 13.1. The summed E-state index contributed by atoms with van der Waals surface area (Å²) in [6.07, 6.45) is 1.29. The number of halogens is 1. The van der Waals surface area contributed by atoms with Crippen molar-refractivity contribution in [1.29, 1.82) is 0 Å². The summed E-state index contributed by atoms with van der Waals surface area (Å²) in [6.45, 7) is 7.51. The first-order chi connectivity index (χ1) is 19.3. The number of anilines is 1. The van der Waals surface area contributed by atoms with Crippen LogP contribution >= 0.6 is 11.6 Å². The van der Waals surface area contributed by atoms with Gasteiger partial charge in [0.05, 0.1) is 18.6 Å². The zero-order valence-corrected chi connectivity index (χ0v) is 25.7. The first-order valence-electron chi connectivity index (χ1n) is 13.4. The van der Waals surface area contributed by atoms with Crippen molar-refractivity contribution in [2.75, 3.05) is 23.7 Å². The van der Waals surface area contributed by atoms with Gasteiger partial charge < -0.3 is 15.0 Å². The normalized spacial score (nSPS) is 12.3. The van der Waals surface area contributed by atoms with E-state index in [1.807, 2.05) is 58.0 Å². The van der Waals surface area contributed by atoms with E-state index in [9.17, 15) is 18.0 Å². The molecule has 0 fully saturated rings. The molecule has 0 spiro atoms. The van der Waals surface area contributed by atoms with Gasteiger partial charge in [-0.2, -0.15) is 0 Å². The summed E-state index contributed by atoms with van der Waals surface area (Å²) < 4.78 is 32.3. The third-order valence-electron chi connectivity index (χ3n) is 6.15. The van der Waals surface area contributed by atoms with Crippen molar-refractivity contribution in [3.63, 3.8) is 0 Å². The number of carbonyl (C=O) groups excluding carboxylic acids is 2. The maximum atomic E-state index is 14.1. The van der Waals surface area contributed by atoms with Crippen LogP contribution in [0.1, 0.15) is 38.8 Å². The molecule has 0 heterocycles. The maximum Gasteiger partial charge on any atom is 0.244 e. The van der Waals surface area contributed by atoms with E-state index in [1.54, 1.807) is 48.5 Å². The molecule has 10 heteroatoms. The van der Waals surface area contributed by atoms with E-state index in [-0.39, 0.29) is 18.9 Å². The fraction of sp³-hybridized carbons (Fsp3) is 0.355. The highest BCUT2D eigenvalue weighted by molar-refractivity contribution is 7.92. The van der Waals surface area contributed by atoms with Crippen LogP contribution in [-0.2, 0) is 32.6 Å². The molecule has 3 aromatic carbocycles. The van der Waals surface area contributed by atoms with Crippen LogP contribution < -0.4 is 14.4 Å². The Morgan fingerprint density at radius 1 is 0.927 bits per heavy atom. The summed E-state index contributed by atoms with van der Waals surface area (Å²) in [5.41, 5.74) is 1.37. The summed E-state index contributed by atoms with van der Waals surface area (Å²) in [7, 11) is -3.86. The first kappa shape index (κ1) is 32.0. The van der Waals surface area contributed by atoms with E-state index in [0.29, 0.717) is 23.1 Å². The molecule has 3 rings (SSSR count). The van der Waals surface area contributed by atoms with Gasteiger partial charge in [-0.05, 0) is 75.2 Å². The highest BCUT2D eigenvalue weighted by Gasteiger charge is 2.34. The number of benzene rings is 3. The molecule has 0 saturated heterocycles. The Labute approximate surface area is 248 Å². The topological polar surface area (TPSA) is 96.0 Å². The molecular weight excluding hydrogens is 562 g/mol. The van der Waals surface area contributed by atoms with Gasteiger partial charge in [0.25, 0.3) is 0 Å². The van der Waals surface area contributed by atoms with Gasteiger partial charge in [0.2, 0.25) is 21.8 Å². The van der Waals surface area contributed by atoms with Gasteiger partial charge in [-0.1, -0.05) is 54.1 Å². The van der Waals surface area contributed by atoms with Crippen LogP contribution in [0.2, 0.25) is 5.02 Å². The van der Waals surface area contributed by atoms with Crippen LogP contribution in [0.3, 0.4) is 0 Å². The molecule has 0 unspecified atom stereocenters. The molecule has 0 aliphatic carbocycles. The van der Waals surface area contributed by atoms with Crippen LogP contribution in [0, 0.1) is 0 Å². The minimum Gasteiger partial charge on any atom is -0.494 e. The average Bonchev–Trinajstić information content (AvgIpc) is 2.90. The summed E-state index contributed by atoms with van der Waals surface area (Å²) in [4.78, 5) is 29.3. The number of amides is 2. The summed E-state index contributed by atoms with van der Waals surface area (Å²) in [5.74, 6) is -0.276. The number of sulfonamides is 1. The number of hydrogen-bond donors (Lipinski definition) is 1. The predicted octanol–water partition coefficient (Wildman–Crippen LogP) is 5.06. The van der Waals surface area contributed by atoms with Gasteiger partial charge >= 0.3 is 0 Å². The van der Waals surface area contributed by atoms with Crippen LogP contribution in [-0.4, -0.2) is 56.1 Å². The van der Waals surface area contributed by atoms with Crippen LogP contribution in [0.4, 0.5) is 5.69 Å². The lowest BCUT2D eigenvalue weighted by molar-refractivity contribution is -0.140. The monoisotopic (exact) mass is 599 g/mol. The maximum absolute atomic E-state index is 14.1. The first-order valence-corrected chi connectivity index (χ1v) is 15.6. The molecule has 0 bridgehead atoms. The Hall–Kier alpha value is -3.56. The van der Waals surface area contributed by atoms with Crippen molar-refractivity contribution in [2.45, 2.75) is 52.2 Å². The van der Waals surface area contributed by atoms with Crippen molar-refractivity contribution < 1.29 is 22.7 Å². The smallest absolute Gasteiger partial charge is 0.244 e. The second-order valence-electron chi connectivity index (χ2n) is 10.8. The van der Waals surface area contributed by atoms with Gasteiger partial charge in [0, 0.05) is 23.5 Å². The predicted molar refractivity (Wildman–Crippen MR) is 164 cm³/mol. The van der Waals surface area contributed by atoms with Gasteiger partial charge in [0.1, 0.15) is 18.3 Å². The Bertz CT molecular complexity index is 1410. The summed E-state index contributed by atoms with van der Waals surface area (Å²) in [6, 6.07) is 22.0. The average molecular weight is 600 g/mol. The molecule has 220 valence electrons. The van der Waals surface area contributed by atoms with E-state index in [1.165, 1.54) is 4.90 Å². The van der Waals surface area contributed by atoms with Crippen LogP contribution in [0.25, 0.3) is 0 Å². The lowest BCUT2D eigenvalue weighted by Crippen LogP contribution is -2.56. The molecule has 8 nitrogen and oxygen atoms in total. The Balaban J connectivity index is 2.04. The van der Waals surface area contributed by atoms with Crippen LogP contribution in [0.15, 0.2) is 78.9 Å². The zero-order valence-electron chi connectivity index (χ0n) is 24.1. The number of nitrogens with zero attached hydrogens (tertiary/aromatic N) is 2. The van der Waals surface area contributed by atoms with Gasteiger partial charge in [-0.25, -0.2) is 8.42 Å². The van der Waals surface area contributed by atoms with Crippen molar-refractivity contribution >= 4 is 39.1 Å². The molecule has 0 aliphatic heterocycles. The van der Waals surface area contributed by atoms with Crippen molar-refractivity contribution in [1.82, 2.24) is 10.2 Å². The third kappa shape index (κ3) is 9.79. The second kappa shape index (κ2) is 13.9. The lowest BCUT2D eigenvalue weighted by Gasteiger charge is -2.35. The molecule has 41 heavy (non-hydrogen) atoms. The minimum atomic E-state index is -3.86. The molecule has 0 saturated carbocycles. The molecule has 3 aromatic rings. The van der Waals surface area contributed by atoms with E-state index in [4.69, 9.17) is 16.3 Å². The number of rotatable bonds is 12. The number of hydrogen-bond acceptors (Lipinski definition) is 5. The van der Waals surface area contributed by atoms with Gasteiger partial charge in [-0.15, -0.1) is 0 Å². The summed E-state index contributed by atoms with van der Waals surface area (Å²) >= 11 is 6.09. The molecule has 0 aromatic heterocycles. The molecule has 0 aliphatic rings. The van der Waals surface area contributed by atoms with Crippen molar-refractivity contribution in [3.05, 3.63) is 95.0 Å². The highest BCUT2D eigenvalue weighted by atomic mass is 35.5. The standard InChI is InChI=1S/C31H38ClN3O5S/c1-6-40-27-18-16-26(17-19-27)35(41(5,38)39)22-29(36)34(21-24-12-14-25(32)15-13-24)28(30(37)33-31(2,3)4)20-23-10-8-7-9-11-23/h7-19,28H,6,20-22H2,1-5H3,(H,33,37)/t28-/m1/s1. The Kier molecular flexibility index (Phi) is 10.8.